The number of carbonyl (C=O) groups is 1. The summed E-state index contributed by atoms with van der Waals surface area (Å²) in [5.41, 5.74) is 0.919. The highest BCUT2D eigenvalue weighted by atomic mass is 35.5. The van der Waals surface area contributed by atoms with Crippen molar-refractivity contribution < 1.29 is 14.3 Å². The van der Waals surface area contributed by atoms with Gasteiger partial charge >= 0.3 is 5.97 Å². The number of hydrogen-bond acceptors (Lipinski definition) is 4. The first-order chi connectivity index (χ1) is 11.4. The van der Waals surface area contributed by atoms with E-state index in [4.69, 9.17) is 32.7 Å². The predicted octanol–water partition coefficient (Wildman–Crippen LogP) is 4.64. The van der Waals surface area contributed by atoms with Crippen molar-refractivity contribution in [2.24, 2.45) is 0 Å². The maximum absolute atomic E-state index is 12.3. The van der Waals surface area contributed by atoms with Crippen molar-refractivity contribution in [1.82, 2.24) is 0 Å². The van der Waals surface area contributed by atoms with E-state index >= 15 is 0 Å². The summed E-state index contributed by atoms with van der Waals surface area (Å²) in [6.45, 7) is 1.90. The van der Waals surface area contributed by atoms with Crippen LogP contribution in [-0.2, 0) is 15.1 Å². The molecule has 1 fully saturated rings. The van der Waals surface area contributed by atoms with Crippen LogP contribution in [0.3, 0.4) is 0 Å². The van der Waals surface area contributed by atoms with E-state index in [1.165, 1.54) is 0 Å². The molecule has 3 rings (SSSR count). The molecular formula is C18H17Cl2NO3. The Morgan fingerprint density at radius 2 is 1.79 bits per heavy atom. The molecule has 0 spiro atoms. The smallest absolute Gasteiger partial charge is 0.329 e. The van der Waals surface area contributed by atoms with E-state index in [1.54, 1.807) is 25.3 Å². The lowest BCUT2D eigenvalue weighted by molar-refractivity contribution is -0.148. The Morgan fingerprint density at radius 3 is 2.38 bits per heavy atom. The fraction of sp³-hybridized carbons (Fsp3) is 0.278. The highest BCUT2D eigenvalue weighted by Crippen LogP contribution is 2.38. The van der Waals surface area contributed by atoms with Gasteiger partial charge in [-0.25, -0.2) is 4.79 Å². The van der Waals surface area contributed by atoms with E-state index in [0.29, 0.717) is 22.2 Å². The van der Waals surface area contributed by atoms with E-state index in [0.717, 1.165) is 11.3 Å². The van der Waals surface area contributed by atoms with Crippen LogP contribution in [0.2, 0.25) is 10.0 Å². The molecule has 2 aromatic carbocycles. The third-order valence-electron chi connectivity index (χ3n) is 4.11. The van der Waals surface area contributed by atoms with Crippen LogP contribution < -0.4 is 10.1 Å². The van der Waals surface area contributed by atoms with Crippen LogP contribution in [0.15, 0.2) is 42.5 Å². The van der Waals surface area contributed by atoms with E-state index in [-0.39, 0.29) is 5.97 Å². The van der Waals surface area contributed by atoms with Crippen LogP contribution in [0, 0.1) is 0 Å². The summed E-state index contributed by atoms with van der Waals surface area (Å²) >= 11 is 12.0. The van der Waals surface area contributed by atoms with Gasteiger partial charge in [0.25, 0.3) is 0 Å². The van der Waals surface area contributed by atoms with Crippen molar-refractivity contribution in [1.29, 1.82) is 0 Å². The number of benzene rings is 2. The lowest BCUT2D eigenvalue weighted by Crippen LogP contribution is -2.25. The molecule has 0 bridgehead atoms. The van der Waals surface area contributed by atoms with Gasteiger partial charge in [-0.1, -0.05) is 35.3 Å². The lowest BCUT2D eigenvalue weighted by Gasteiger charge is -2.23. The molecule has 2 aromatic rings. The zero-order valence-electron chi connectivity index (χ0n) is 13.3. The molecule has 1 heterocycles. The van der Waals surface area contributed by atoms with Crippen molar-refractivity contribution in [2.45, 2.75) is 25.0 Å². The first kappa shape index (κ1) is 16.9. The average molecular weight is 366 g/mol. The van der Waals surface area contributed by atoms with E-state index in [2.05, 4.69) is 5.32 Å². The van der Waals surface area contributed by atoms with Crippen LogP contribution in [-0.4, -0.2) is 19.1 Å². The van der Waals surface area contributed by atoms with E-state index in [9.17, 15) is 4.79 Å². The molecule has 24 heavy (non-hydrogen) atoms. The Hall–Kier alpha value is -1.91. The highest BCUT2D eigenvalue weighted by Gasteiger charge is 2.44. The van der Waals surface area contributed by atoms with Gasteiger partial charge in [-0.15, -0.1) is 0 Å². The average Bonchev–Trinajstić information content (AvgIpc) is 2.81. The normalized spacial score (nSPS) is 23.0. The number of nitrogens with one attached hydrogen (secondary N) is 1. The number of halogens is 2. The van der Waals surface area contributed by atoms with Crippen LogP contribution in [0.5, 0.6) is 5.75 Å². The fourth-order valence-corrected chi connectivity index (χ4v) is 3.40. The van der Waals surface area contributed by atoms with Gasteiger partial charge in [0.05, 0.1) is 7.11 Å². The molecule has 2 atom stereocenters. The van der Waals surface area contributed by atoms with Gasteiger partial charge in [0, 0.05) is 22.2 Å². The van der Waals surface area contributed by atoms with Crippen molar-refractivity contribution in [2.75, 3.05) is 12.4 Å². The number of methoxy groups -OCH3 is 1. The number of cyclic esters (lactones) is 1. The second-order valence-corrected chi connectivity index (χ2v) is 6.81. The third kappa shape index (κ3) is 3.45. The summed E-state index contributed by atoms with van der Waals surface area (Å²) in [5, 5.41) is 4.17. The molecule has 0 saturated carbocycles. The molecule has 1 aliphatic rings. The summed E-state index contributed by atoms with van der Waals surface area (Å²) in [6, 6.07) is 12.1. The highest BCUT2D eigenvalue weighted by molar-refractivity contribution is 6.35. The monoisotopic (exact) mass is 365 g/mol. The largest absolute Gasteiger partial charge is 0.497 e. The van der Waals surface area contributed by atoms with Crippen molar-refractivity contribution >= 4 is 34.9 Å². The zero-order valence-corrected chi connectivity index (χ0v) is 14.8. The lowest BCUT2D eigenvalue weighted by atomic mass is 9.91. The predicted molar refractivity (Wildman–Crippen MR) is 94.9 cm³/mol. The number of ether oxygens (including phenoxy) is 2. The molecule has 0 aliphatic carbocycles. The second-order valence-electron chi connectivity index (χ2n) is 5.94. The van der Waals surface area contributed by atoms with E-state index < -0.39 is 11.6 Å². The second kappa shape index (κ2) is 6.54. The van der Waals surface area contributed by atoms with Gasteiger partial charge in [0.1, 0.15) is 17.4 Å². The number of carbonyl (C=O) groups excluding carboxylic acids is 1. The molecule has 1 saturated heterocycles. The zero-order chi connectivity index (χ0) is 17.3. The number of anilines is 1. The van der Waals surface area contributed by atoms with Crippen LogP contribution >= 0.6 is 23.2 Å². The minimum atomic E-state index is -0.691. The SMILES string of the molecule is COc1ccc(C2(C)CC(Nc3cc(Cl)cc(Cl)c3)C(=O)O2)cc1. The van der Waals surface area contributed by atoms with Gasteiger partial charge in [0.2, 0.25) is 0 Å². The van der Waals surface area contributed by atoms with Crippen molar-refractivity contribution in [3.63, 3.8) is 0 Å². The van der Waals surface area contributed by atoms with Crippen LogP contribution in [0.1, 0.15) is 18.9 Å². The third-order valence-corrected chi connectivity index (χ3v) is 4.54. The van der Waals surface area contributed by atoms with Crippen LogP contribution in [0.4, 0.5) is 5.69 Å². The molecule has 6 heteroatoms. The molecule has 0 radical (unpaired) electrons. The van der Waals surface area contributed by atoms with Gasteiger partial charge in [-0.3, -0.25) is 0 Å². The molecule has 0 aromatic heterocycles. The Bertz CT molecular complexity index is 743. The first-order valence-corrected chi connectivity index (χ1v) is 8.25. The van der Waals surface area contributed by atoms with Gasteiger partial charge in [0.15, 0.2) is 0 Å². The van der Waals surface area contributed by atoms with Crippen molar-refractivity contribution in [3.8, 4) is 5.75 Å². The molecule has 4 nitrogen and oxygen atoms in total. The molecule has 2 unspecified atom stereocenters. The minimum Gasteiger partial charge on any atom is -0.497 e. The van der Waals surface area contributed by atoms with Crippen molar-refractivity contribution in [3.05, 3.63) is 58.1 Å². The molecule has 0 amide bonds. The Morgan fingerprint density at radius 1 is 1.17 bits per heavy atom. The van der Waals surface area contributed by atoms with Gasteiger partial charge in [-0.05, 0) is 42.8 Å². The molecular weight excluding hydrogens is 349 g/mol. The Balaban J connectivity index is 1.79. The summed E-state index contributed by atoms with van der Waals surface area (Å²) in [4.78, 5) is 12.3. The van der Waals surface area contributed by atoms with E-state index in [1.807, 2.05) is 31.2 Å². The van der Waals surface area contributed by atoms with Crippen LogP contribution in [0.25, 0.3) is 0 Å². The standard InChI is InChI=1S/C18H17Cl2NO3/c1-18(11-3-5-15(23-2)6-4-11)10-16(17(22)24-18)21-14-8-12(19)7-13(20)9-14/h3-9,16,21H,10H2,1-2H3. The van der Waals surface area contributed by atoms with Gasteiger partial charge < -0.3 is 14.8 Å². The minimum absolute atomic E-state index is 0.301. The summed E-state index contributed by atoms with van der Waals surface area (Å²) in [6.07, 6.45) is 0.502. The topological polar surface area (TPSA) is 47.6 Å². The first-order valence-electron chi connectivity index (χ1n) is 7.50. The summed E-state index contributed by atoms with van der Waals surface area (Å²) < 4.78 is 10.8. The summed E-state index contributed by atoms with van der Waals surface area (Å²) in [5.74, 6) is 0.458. The molecule has 126 valence electrons. The maximum atomic E-state index is 12.3. The molecule has 1 N–H and O–H groups in total. The maximum Gasteiger partial charge on any atom is 0.329 e. The number of hydrogen-bond donors (Lipinski definition) is 1. The summed E-state index contributed by atoms with van der Waals surface area (Å²) in [7, 11) is 1.61. The van der Waals surface area contributed by atoms with Gasteiger partial charge in [-0.2, -0.15) is 0 Å². The molecule has 1 aliphatic heterocycles. The number of esters is 1. The quantitative estimate of drug-likeness (QED) is 0.801. The fourth-order valence-electron chi connectivity index (χ4n) is 2.88. The number of rotatable bonds is 4. The Labute approximate surface area is 150 Å². The Kier molecular flexibility index (Phi) is 4.61.